The number of carbonyl (C=O) groups excluding carboxylic acids is 2. The molecule has 0 aromatic heterocycles. The number of hydrogen-bond donors (Lipinski definition) is 2. The summed E-state index contributed by atoms with van der Waals surface area (Å²) < 4.78 is 5.96. The first-order valence-electron chi connectivity index (χ1n) is 8.05. The highest BCUT2D eigenvalue weighted by Crippen LogP contribution is 2.23. The van der Waals surface area contributed by atoms with Crippen LogP contribution in [-0.4, -0.2) is 38.1 Å². The molecule has 1 fully saturated rings. The number of amides is 1. The Bertz CT molecular complexity index is 569. The Hall–Kier alpha value is -1.40. The number of ether oxygens (including phenoxy) is 1. The third kappa shape index (κ3) is 5.32. The fourth-order valence-corrected chi connectivity index (χ4v) is 3.43. The molecule has 23 heavy (non-hydrogen) atoms. The molecule has 126 valence electrons. The van der Waals surface area contributed by atoms with Crippen molar-refractivity contribution in [3.8, 4) is 0 Å². The third-order valence-electron chi connectivity index (χ3n) is 4.12. The monoisotopic (exact) mass is 383 g/mol. The second kappa shape index (κ2) is 8.45. The predicted octanol–water partition coefficient (Wildman–Crippen LogP) is 1.55. The lowest BCUT2D eigenvalue weighted by Gasteiger charge is -2.27. The van der Waals surface area contributed by atoms with Crippen LogP contribution in [0.3, 0.4) is 0 Å². The number of likely N-dealkylation sites (tertiary alicyclic amines) is 1. The van der Waals surface area contributed by atoms with E-state index < -0.39 is 0 Å². The molecule has 1 amide bonds. The average Bonchev–Trinajstić information content (AvgIpc) is 2.51. The standard InChI is InChI=1S/C17H23BrN2O3/c1-3-23-17(22)13-6-8-20(9-7-13)11-16(21)19-15-5-4-12(2)10-14(15)18/h4-5,10,13H,3,6-9,11H2,1-2H3,(H,19,21)/p+1. The zero-order chi connectivity index (χ0) is 16.8. The van der Waals surface area contributed by atoms with Crippen molar-refractivity contribution in [3.05, 3.63) is 28.2 Å². The molecule has 1 aromatic carbocycles. The fourth-order valence-electron chi connectivity index (χ4n) is 2.84. The van der Waals surface area contributed by atoms with Crippen LogP contribution in [0, 0.1) is 12.8 Å². The first-order chi connectivity index (χ1) is 11.0. The lowest BCUT2D eigenvalue weighted by molar-refractivity contribution is -0.897. The van der Waals surface area contributed by atoms with Gasteiger partial charge in [-0.25, -0.2) is 0 Å². The van der Waals surface area contributed by atoms with E-state index >= 15 is 0 Å². The van der Waals surface area contributed by atoms with Gasteiger partial charge in [-0.1, -0.05) is 6.07 Å². The Kier molecular flexibility index (Phi) is 6.59. The van der Waals surface area contributed by atoms with Crippen molar-refractivity contribution in [3.63, 3.8) is 0 Å². The van der Waals surface area contributed by atoms with E-state index in [1.54, 1.807) is 0 Å². The number of aryl methyl sites for hydroxylation is 1. The van der Waals surface area contributed by atoms with Gasteiger partial charge >= 0.3 is 5.97 Å². The normalized spacial score (nSPS) is 20.8. The molecular weight excluding hydrogens is 360 g/mol. The smallest absolute Gasteiger partial charge is 0.309 e. The molecule has 6 heteroatoms. The molecule has 2 rings (SSSR count). The summed E-state index contributed by atoms with van der Waals surface area (Å²) in [5, 5.41) is 2.94. The fraction of sp³-hybridized carbons (Fsp3) is 0.529. The number of anilines is 1. The van der Waals surface area contributed by atoms with Crippen molar-refractivity contribution in [1.29, 1.82) is 0 Å². The Balaban J connectivity index is 1.79. The first kappa shape index (κ1) is 17.9. The summed E-state index contributed by atoms with van der Waals surface area (Å²) in [5.41, 5.74) is 1.93. The van der Waals surface area contributed by atoms with Gasteiger partial charge in [0.25, 0.3) is 5.91 Å². The number of carbonyl (C=O) groups is 2. The van der Waals surface area contributed by atoms with Crippen molar-refractivity contribution in [2.75, 3.05) is 31.6 Å². The van der Waals surface area contributed by atoms with Crippen LogP contribution in [0.1, 0.15) is 25.3 Å². The van der Waals surface area contributed by atoms with Crippen molar-refractivity contribution < 1.29 is 19.2 Å². The van der Waals surface area contributed by atoms with Gasteiger partial charge in [0.05, 0.1) is 31.3 Å². The lowest BCUT2D eigenvalue weighted by atomic mass is 9.97. The Labute approximate surface area is 145 Å². The highest BCUT2D eigenvalue weighted by Gasteiger charge is 2.29. The van der Waals surface area contributed by atoms with E-state index in [-0.39, 0.29) is 17.8 Å². The molecule has 1 aliphatic heterocycles. The molecule has 1 heterocycles. The van der Waals surface area contributed by atoms with E-state index in [4.69, 9.17) is 4.74 Å². The van der Waals surface area contributed by atoms with Crippen LogP contribution in [0.2, 0.25) is 0 Å². The van der Waals surface area contributed by atoms with Crippen molar-refractivity contribution in [2.24, 2.45) is 5.92 Å². The molecule has 0 unspecified atom stereocenters. The minimum absolute atomic E-state index is 0.000798. The van der Waals surface area contributed by atoms with Crippen molar-refractivity contribution >= 4 is 33.5 Å². The third-order valence-corrected chi connectivity index (χ3v) is 4.78. The zero-order valence-corrected chi connectivity index (χ0v) is 15.2. The number of benzene rings is 1. The second-order valence-corrected chi connectivity index (χ2v) is 6.84. The highest BCUT2D eigenvalue weighted by molar-refractivity contribution is 9.10. The predicted molar refractivity (Wildman–Crippen MR) is 92.4 cm³/mol. The summed E-state index contributed by atoms with van der Waals surface area (Å²) in [6.07, 6.45) is 1.57. The SMILES string of the molecule is CCOC(=O)C1CC[NH+](CC(=O)Nc2ccc(C)cc2Br)CC1. The summed E-state index contributed by atoms with van der Waals surface area (Å²) in [4.78, 5) is 25.1. The average molecular weight is 384 g/mol. The van der Waals surface area contributed by atoms with Crippen molar-refractivity contribution in [2.45, 2.75) is 26.7 Å². The molecule has 0 radical (unpaired) electrons. The van der Waals surface area contributed by atoms with Gasteiger partial charge in [-0.2, -0.15) is 0 Å². The van der Waals surface area contributed by atoms with Crippen LogP contribution in [0.4, 0.5) is 5.69 Å². The number of nitrogens with one attached hydrogen (secondary N) is 2. The summed E-state index contributed by atoms with van der Waals surface area (Å²) in [7, 11) is 0. The van der Waals surface area contributed by atoms with Gasteiger partial charge in [-0.3, -0.25) is 9.59 Å². The summed E-state index contributed by atoms with van der Waals surface area (Å²) in [6, 6.07) is 5.85. The largest absolute Gasteiger partial charge is 0.466 e. The molecule has 0 saturated carbocycles. The molecular formula is C17H24BrN2O3+. The van der Waals surface area contributed by atoms with Crippen LogP contribution in [0.15, 0.2) is 22.7 Å². The van der Waals surface area contributed by atoms with E-state index in [0.29, 0.717) is 13.2 Å². The Morgan fingerprint density at radius 1 is 1.35 bits per heavy atom. The number of esters is 1. The Morgan fingerprint density at radius 2 is 2.04 bits per heavy atom. The van der Waals surface area contributed by atoms with Crippen LogP contribution in [-0.2, 0) is 14.3 Å². The number of rotatable bonds is 5. The minimum atomic E-state index is -0.0976. The van der Waals surface area contributed by atoms with Crippen LogP contribution >= 0.6 is 15.9 Å². The lowest BCUT2D eigenvalue weighted by Crippen LogP contribution is -3.14. The maximum Gasteiger partial charge on any atom is 0.309 e. The quantitative estimate of drug-likeness (QED) is 0.758. The Morgan fingerprint density at radius 3 is 2.65 bits per heavy atom. The molecule has 0 aliphatic carbocycles. The maximum atomic E-state index is 12.2. The van der Waals surface area contributed by atoms with Crippen LogP contribution in [0.25, 0.3) is 0 Å². The van der Waals surface area contributed by atoms with Crippen LogP contribution in [0.5, 0.6) is 0 Å². The minimum Gasteiger partial charge on any atom is -0.466 e. The molecule has 1 aliphatic rings. The second-order valence-electron chi connectivity index (χ2n) is 5.98. The zero-order valence-electron chi connectivity index (χ0n) is 13.7. The van der Waals surface area contributed by atoms with E-state index in [9.17, 15) is 9.59 Å². The molecule has 0 bridgehead atoms. The van der Waals surface area contributed by atoms with Gasteiger partial charge in [0.1, 0.15) is 0 Å². The maximum absolute atomic E-state index is 12.2. The first-order valence-corrected chi connectivity index (χ1v) is 8.85. The summed E-state index contributed by atoms with van der Waals surface area (Å²) in [6.45, 7) is 6.34. The van der Waals surface area contributed by atoms with E-state index in [2.05, 4.69) is 21.2 Å². The molecule has 5 nitrogen and oxygen atoms in total. The van der Waals surface area contributed by atoms with Crippen molar-refractivity contribution in [1.82, 2.24) is 0 Å². The van der Waals surface area contributed by atoms with Gasteiger partial charge in [0.15, 0.2) is 6.54 Å². The van der Waals surface area contributed by atoms with Gasteiger partial charge in [-0.15, -0.1) is 0 Å². The molecule has 1 saturated heterocycles. The molecule has 0 spiro atoms. The van der Waals surface area contributed by atoms with Gasteiger partial charge < -0.3 is 15.0 Å². The summed E-state index contributed by atoms with van der Waals surface area (Å²) >= 11 is 3.47. The van der Waals surface area contributed by atoms with E-state index in [0.717, 1.165) is 41.7 Å². The van der Waals surface area contributed by atoms with Gasteiger partial charge in [-0.05, 0) is 47.5 Å². The van der Waals surface area contributed by atoms with Gasteiger partial charge in [0, 0.05) is 17.3 Å². The number of piperidine rings is 1. The topological polar surface area (TPSA) is 59.8 Å². The number of halogens is 1. The van der Waals surface area contributed by atoms with E-state index in [1.165, 1.54) is 4.90 Å². The molecule has 1 aromatic rings. The van der Waals surface area contributed by atoms with E-state index in [1.807, 2.05) is 32.0 Å². The number of quaternary nitrogens is 1. The number of hydrogen-bond acceptors (Lipinski definition) is 3. The molecule has 2 N–H and O–H groups in total. The summed E-state index contributed by atoms with van der Waals surface area (Å²) in [5.74, 6) is -0.105. The van der Waals surface area contributed by atoms with Crippen LogP contribution < -0.4 is 10.2 Å². The highest BCUT2D eigenvalue weighted by atomic mass is 79.9. The molecule has 0 atom stereocenters. The van der Waals surface area contributed by atoms with Gasteiger partial charge in [0.2, 0.25) is 0 Å².